The molecule has 6 nitrogen and oxygen atoms in total. The fourth-order valence-corrected chi connectivity index (χ4v) is 5.03. The van der Waals surface area contributed by atoms with Crippen LogP contribution in [0.4, 0.5) is 0 Å². The van der Waals surface area contributed by atoms with Crippen LogP contribution >= 0.6 is 23.6 Å². The number of likely N-dealkylation sites (N-methyl/N-ethyl adjacent to an activating group) is 1. The number of nitrogens with zero attached hydrogens (tertiary/aromatic N) is 4. The molecule has 152 valence electrons. The van der Waals surface area contributed by atoms with Crippen molar-refractivity contribution in [3.05, 3.63) is 33.0 Å². The fourth-order valence-electron chi connectivity index (χ4n) is 3.98. The van der Waals surface area contributed by atoms with Gasteiger partial charge in [0, 0.05) is 23.4 Å². The molecule has 0 saturated heterocycles. The summed E-state index contributed by atoms with van der Waals surface area (Å²) < 4.78 is 4.98. The fraction of sp³-hybridized carbons (Fsp3) is 0.650. The van der Waals surface area contributed by atoms with E-state index in [4.69, 9.17) is 17.3 Å². The van der Waals surface area contributed by atoms with E-state index in [-0.39, 0.29) is 5.91 Å². The van der Waals surface area contributed by atoms with Crippen LogP contribution in [0.3, 0.4) is 0 Å². The third-order valence-corrected chi connectivity index (χ3v) is 6.81. The number of rotatable bonds is 8. The first-order chi connectivity index (χ1) is 13.6. The first kappa shape index (κ1) is 19.8. The third-order valence-electron chi connectivity index (χ3n) is 5.52. The Labute approximate surface area is 175 Å². The molecule has 2 heterocycles. The number of carbonyl (C=O) groups is 1. The molecular weight excluding hydrogens is 390 g/mol. The van der Waals surface area contributed by atoms with Crippen LogP contribution in [-0.4, -0.2) is 44.8 Å². The molecule has 4 rings (SSSR count). The maximum Gasteiger partial charge on any atom is 0.234 e. The van der Waals surface area contributed by atoms with Gasteiger partial charge in [-0.25, -0.2) is 4.68 Å². The Morgan fingerprint density at radius 3 is 2.79 bits per heavy atom. The van der Waals surface area contributed by atoms with Gasteiger partial charge in [0.2, 0.25) is 5.91 Å². The van der Waals surface area contributed by atoms with Crippen molar-refractivity contribution in [1.29, 1.82) is 0 Å². The SMILES string of the molecule is CN(CC(=O)NC1CC1)Cn1nc(Cc2cccs2)n(C2CCCCC2)c1=S. The molecule has 2 fully saturated rings. The Bertz CT molecular complexity index is 847. The van der Waals surface area contributed by atoms with Crippen LogP contribution in [0.25, 0.3) is 0 Å². The van der Waals surface area contributed by atoms with Crippen LogP contribution in [0.2, 0.25) is 0 Å². The average Bonchev–Trinajstić information content (AvgIpc) is 3.22. The van der Waals surface area contributed by atoms with Crippen molar-refractivity contribution < 1.29 is 4.79 Å². The number of hydrogen-bond acceptors (Lipinski definition) is 5. The van der Waals surface area contributed by atoms with Crippen molar-refractivity contribution in [3.8, 4) is 0 Å². The van der Waals surface area contributed by atoms with Crippen LogP contribution in [0.1, 0.15) is 61.7 Å². The Balaban J connectivity index is 1.51. The lowest BCUT2D eigenvalue weighted by molar-refractivity contribution is -0.122. The predicted molar refractivity (Wildman–Crippen MR) is 114 cm³/mol. The monoisotopic (exact) mass is 419 g/mol. The van der Waals surface area contributed by atoms with Gasteiger partial charge in [-0.2, -0.15) is 5.10 Å². The Hall–Kier alpha value is -1.51. The number of thiophene rings is 1. The Kier molecular flexibility index (Phi) is 6.28. The molecule has 0 spiro atoms. The number of nitrogens with one attached hydrogen (secondary N) is 1. The highest BCUT2D eigenvalue weighted by Gasteiger charge is 2.25. The molecule has 2 aromatic rings. The minimum Gasteiger partial charge on any atom is -0.352 e. The van der Waals surface area contributed by atoms with Gasteiger partial charge in [0.25, 0.3) is 0 Å². The summed E-state index contributed by atoms with van der Waals surface area (Å²) in [5.41, 5.74) is 0. The number of aromatic nitrogens is 3. The summed E-state index contributed by atoms with van der Waals surface area (Å²) in [5.74, 6) is 1.14. The van der Waals surface area contributed by atoms with Gasteiger partial charge >= 0.3 is 0 Å². The van der Waals surface area contributed by atoms with Gasteiger partial charge in [-0.1, -0.05) is 25.3 Å². The summed E-state index contributed by atoms with van der Waals surface area (Å²) in [6.45, 7) is 0.906. The second-order valence-electron chi connectivity index (χ2n) is 8.11. The zero-order valence-corrected chi connectivity index (χ0v) is 18.1. The van der Waals surface area contributed by atoms with E-state index < -0.39 is 0 Å². The highest BCUT2D eigenvalue weighted by atomic mass is 32.1. The van der Waals surface area contributed by atoms with Gasteiger partial charge in [-0.3, -0.25) is 9.69 Å². The summed E-state index contributed by atoms with van der Waals surface area (Å²) >= 11 is 7.60. The van der Waals surface area contributed by atoms with Gasteiger partial charge < -0.3 is 9.88 Å². The molecule has 2 aliphatic rings. The standard InChI is InChI=1S/C20H29N5OS2/c1-23(13-19(26)21-15-9-10-15)14-24-20(27)25(16-6-3-2-4-7-16)18(22-24)12-17-8-5-11-28-17/h5,8,11,15-16H,2-4,6-7,9-10,12-14H2,1H3,(H,21,26). The summed E-state index contributed by atoms with van der Waals surface area (Å²) in [4.78, 5) is 15.4. The van der Waals surface area contributed by atoms with E-state index in [0.29, 0.717) is 25.3 Å². The summed E-state index contributed by atoms with van der Waals surface area (Å²) in [6.07, 6.45) is 9.23. The van der Waals surface area contributed by atoms with Crippen LogP contribution in [0.15, 0.2) is 17.5 Å². The molecule has 0 bridgehead atoms. The molecule has 2 aromatic heterocycles. The molecule has 1 amide bonds. The van der Waals surface area contributed by atoms with Crippen LogP contribution in [-0.2, 0) is 17.9 Å². The maximum absolute atomic E-state index is 12.1. The zero-order chi connectivity index (χ0) is 19.5. The molecule has 0 atom stereocenters. The minimum atomic E-state index is 0.0852. The van der Waals surface area contributed by atoms with Crippen LogP contribution < -0.4 is 5.32 Å². The molecular formula is C20H29N5OS2. The van der Waals surface area contributed by atoms with Gasteiger partial charge in [-0.15, -0.1) is 11.3 Å². The van der Waals surface area contributed by atoms with E-state index in [9.17, 15) is 4.79 Å². The number of carbonyl (C=O) groups excluding carboxylic acids is 1. The van der Waals surface area contributed by atoms with Crippen molar-refractivity contribution >= 4 is 29.5 Å². The topological polar surface area (TPSA) is 55.1 Å². The molecule has 2 aliphatic carbocycles. The van der Waals surface area contributed by atoms with Crippen LogP contribution in [0, 0.1) is 4.77 Å². The van der Waals surface area contributed by atoms with Gasteiger partial charge in [-0.05, 0) is 56.4 Å². The van der Waals surface area contributed by atoms with Crippen molar-refractivity contribution in [2.24, 2.45) is 0 Å². The first-order valence-corrected chi connectivity index (χ1v) is 11.6. The van der Waals surface area contributed by atoms with E-state index in [1.165, 1.54) is 37.0 Å². The van der Waals surface area contributed by atoms with E-state index in [1.54, 1.807) is 11.3 Å². The lowest BCUT2D eigenvalue weighted by Gasteiger charge is -2.24. The molecule has 0 aliphatic heterocycles. The lowest BCUT2D eigenvalue weighted by atomic mass is 9.95. The lowest BCUT2D eigenvalue weighted by Crippen LogP contribution is -2.37. The molecule has 0 unspecified atom stereocenters. The molecule has 0 aromatic carbocycles. The summed E-state index contributed by atoms with van der Waals surface area (Å²) in [7, 11) is 1.95. The molecule has 28 heavy (non-hydrogen) atoms. The van der Waals surface area contributed by atoms with Gasteiger partial charge in [0.1, 0.15) is 5.82 Å². The predicted octanol–water partition coefficient (Wildman–Crippen LogP) is 3.74. The van der Waals surface area contributed by atoms with Gasteiger partial charge in [0.15, 0.2) is 4.77 Å². The molecule has 0 radical (unpaired) electrons. The Morgan fingerprint density at radius 1 is 1.32 bits per heavy atom. The van der Waals surface area contributed by atoms with Crippen molar-refractivity contribution in [1.82, 2.24) is 24.6 Å². The third kappa shape index (κ3) is 4.90. The Morgan fingerprint density at radius 2 is 2.11 bits per heavy atom. The molecule has 2 saturated carbocycles. The minimum absolute atomic E-state index is 0.0852. The summed E-state index contributed by atoms with van der Waals surface area (Å²) in [6, 6.07) is 5.09. The van der Waals surface area contributed by atoms with E-state index in [1.807, 2.05) is 16.6 Å². The second-order valence-corrected chi connectivity index (χ2v) is 9.51. The van der Waals surface area contributed by atoms with Crippen molar-refractivity contribution in [2.45, 2.75) is 70.1 Å². The second kappa shape index (κ2) is 8.88. The zero-order valence-electron chi connectivity index (χ0n) is 16.5. The normalized spacial score (nSPS) is 17.9. The van der Waals surface area contributed by atoms with Gasteiger partial charge in [0.05, 0.1) is 13.2 Å². The van der Waals surface area contributed by atoms with E-state index >= 15 is 0 Å². The van der Waals surface area contributed by atoms with E-state index in [2.05, 4.69) is 27.4 Å². The molecule has 1 N–H and O–H groups in total. The average molecular weight is 420 g/mol. The molecule has 8 heteroatoms. The van der Waals surface area contributed by atoms with Crippen LogP contribution in [0.5, 0.6) is 0 Å². The smallest absolute Gasteiger partial charge is 0.234 e. The highest BCUT2D eigenvalue weighted by molar-refractivity contribution is 7.71. The number of hydrogen-bond donors (Lipinski definition) is 1. The van der Waals surface area contributed by atoms with E-state index in [0.717, 1.165) is 29.9 Å². The van der Waals surface area contributed by atoms with Crippen molar-refractivity contribution in [3.63, 3.8) is 0 Å². The quantitative estimate of drug-likeness (QED) is 0.662. The number of amides is 1. The first-order valence-electron chi connectivity index (χ1n) is 10.3. The maximum atomic E-state index is 12.1. The summed E-state index contributed by atoms with van der Waals surface area (Å²) in [5, 5.41) is 10.0. The largest absolute Gasteiger partial charge is 0.352 e. The highest BCUT2D eigenvalue weighted by Crippen LogP contribution is 2.30. The van der Waals surface area contributed by atoms with Crippen molar-refractivity contribution in [2.75, 3.05) is 13.6 Å².